The molecular weight excluding hydrogens is 218 g/mol. The molecule has 0 bridgehead atoms. The van der Waals surface area contributed by atoms with E-state index in [-0.39, 0.29) is 11.7 Å². The molecule has 0 saturated carbocycles. The van der Waals surface area contributed by atoms with E-state index in [2.05, 4.69) is 15.5 Å². The van der Waals surface area contributed by atoms with E-state index in [0.717, 1.165) is 11.3 Å². The zero-order valence-corrected chi connectivity index (χ0v) is 8.86. The number of hydrogen-bond donors (Lipinski definition) is 2. The smallest absolute Gasteiger partial charge is 0.228 e. The Hall–Kier alpha value is -2.43. The van der Waals surface area contributed by atoms with Gasteiger partial charge in [-0.1, -0.05) is 0 Å². The van der Waals surface area contributed by atoms with Crippen molar-refractivity contribution in [3.8, 4) is 0 Å². The van der Waals surface area contributed by atoms with Crippen LogP contribution in [0.2, 0.25) is 0 Å². The molecular formula is C12H9N3O2. The third kappa shape index (κ3) is 1.61. The molecule has 2 aromatic rings. The van der Waals surface area contributed by atoms with Crippen molar-refractivity contribution in [2.24, 2.45) is 0 Å². The zero-order chi connectivity index (χ0) is 11.8. The molecule has 0 unspecified atom stereocenters. The number of nitrogens with zero attached hydrogens (tertiary/aromatic N) is 1. The predicted octanol–water partition coefficient (Wildman–Crippen LogP) is 1.14. The summed E-state index contributed by atoms with van der Waals surface area (Å²) in [6.45, 7) is 0. The van der Waals surface area contributed by atoms with Crippen LogP contribution in [0.15, 0.2) is 30.5 Å². The van der Waals surface area contributed by atoms with Crippen LogP contribution < -0.4 is 5.32 Å². The minimum Gasteiger partial charge on any atom is -0.326 e. The average Bonchev–Trinajstić information content (AvgIpc) is 2.94. The van der Waals surface area contributed by atoms with Gasteiger partial charge in [0.15, 0.2) is 0 Å². The lowest BCUT2D eigenvalue weighted by molar-refractivity contribution is -0.115. The van der Waals surface area contributed by atoms with Crippen molar-refractivity contribution in [3.05, 3.63) is 47.3 Å². The highest BCUT2D eigenvalue weighted by Crippen LogP contribution is 2.24. The maximum absolute atomic E-state index is 12.0. The van der Waals surface area contributed by atoms with Gasteiger partial charge >= 0.3 is 0 Å². The SMILES string of the molecule is O=C1Cc2cc(C(=O)c3ccn[nH]3)ccc2N1. The second-order valence-corrected chi connectivity index (χ2v) is 3.90. The van der Waals surface area contributed by atoms with E-state index in [4.69, 9.17) is 0 Å². The largest absolute Gasteiger partial charge is 0.326 e. The molecule has 0 fully saturated rings. The molecule has 1 amide bonds. The molecule has 17 heavy (non-hydrogen) atoms. The van der Waals surface area contributed by atoms with E-state index in [1.807, 2.05) is 0 Å². The first kappa shape index (κ1) is 9.77. The van der Waals surface area contributed by atoms with Gasteiger partial charge in [0.05, 0.1) is 6.42 Å². The Labute approximate surface area is 96.8 Å². The van der Waals surface area contributed by atoms with Crippen molar-refractivity contribution < 1.29 is 9.59 Å². The summed E-state index contributed by atoms with van der Waals surface area (Å²) < 4.78 is 0. The Morgan fingerprint density at radius 1 is 1.29 bits per heavy atom. The number of amides is 1. The highest BCUT2D eigenvalue weighted by atomic mass is 16.1. The monoisotopic (exact) mass is 227 g/mol. The second kappa shape index (κ2) is 3.55. The molecule has 84 valence electrons. The highest BCUT2D eigenvalue weighted by Gasteiger charge is 2.19. The molecule has 0 spiro atoms. The Morgan fingerprint density at radius 2 is 2.18 bits per heavy atom. The fourth-order valence-electron chi connectivity index (χ4n) is 1.91. The summed E-state index contributed by atoms with van der Waals surface area (Å²) in [7, 11) is 0. The summed E-state index contributed by atoms with van der Waals surface area (Å²) in [6.07, 6.45) is 1.87. The van der Waals surface area contributed by atoms with E-state index < -0.39 is 0 Å². The quantitative estimate of drug-likeness (QED) is 0.755. The molecule has 1 aliphatic rings. The van der Waals surface area contributed by atoms with E-state index in [1.54, 1.807) is 24.3 Å². The Balaban J connectivity index is 1.98. The van der Waals surface area contributed by atoms with Crippen LogP contribution in [-0.2, 0) is 11.2 Å². The van der Waals surface area contributed by atoms with Crippen LogP contribution in [0.3, 0.4) is 0 Å². The number of aromatic nitrogens is 2. The van der Waals surface area contributed by atoms with E-state index in [9.17, 15) is 9.59 Å². The number of benzene rings is 1. The van der Waals surface area contributed by atoms with E-state index in [0.29, 0.717) is 17.7 Å². The first-order valence-electron chi connectivity index (χ1n) is 5.21. The molecule has 5 heteroatoms. The molecule has 3 rings (SSSR count). The van der Waals surface area contributed by atoms with Crippen molar-refractivity contribution in [1.29, 1.82) is 0 Å². The second-order valence-electron chi connectivity index (χ2n) is 3.90. The molecule has 2 N–H and O–H groups in total. The zero-order valence-electron chi connectivity index (χ0n) is 8.86. The molecule has 0 atom stereocenters. The number of aromatic amines is 1. The van der Waals surface area contributed by atoms with Crippen molar-refractivity contribution in [3.63, 3.8) is 0 Å². The first-order valence-corrected chi connectivity index (χ1v) is 5.21. The molecule has 0 radical (unpaired) electrons. The molecule has 1 aromatic heterocycles. The predicted molar refractivity (Wildman–Crippen MR) is 60.8 cm³/mol. The van der Waals surface area contributed by atoms with Crippen LogP contribution >= 0.6 is 0 Å². The number of carbonyl (C=O) groups is 2. The van der Waals surface area contributed by atoms with Crippen LogP contribution in [-0.4, -0.2) is 21.9 Å². The van der Waals surface area contributed by atoms with Crippen LogP contribution in [0.25, 0.3) is 0 Å². The third-order valence-electron chi connectivity index (χ3n) is 2.74. The number of nitrogens with one attached hydrogen (secondary N) is 2. The van der Waals surface area contributed by atoms with Gasteiger partial charge in [-0.15, -0.1) is 0 Å². The van der Waals surface area contributed by atoms with Crippen molar-refractivity contribution in [2.45, 2.75) is 6.42 Å². The van der Waals surface area contributed by atoms with Gasteiger partial charge in [0.2, 0.25) is 11.7 Å². The fraction of sp³-hybridized carbons (Fsp3) is 0.0833. The summed E-state index contributed by atoms with van der Waals surface area (Å²) >= 11 is 0. The maximum atomic E-state index is 12.0. The van der Waals surface area contributed by atoms with Gasteiger partial charge in [-0.3, -0.25) is 14.7 Å². The number of rotatable bonds is 2. The van der Waals surface area contributed by atoms with E-state index in [1.165, 1.54) is 6.20 Å². The van der Waals surface area contributed by atoms with Crippen LogP contribution in [0.1, 0.15) is 21.6 Å². The maximum Gasteiger partial charge on any atom is 0.228 e. The van der Waals surface area contributed by atoms with Crippen molar-refractivity contribution in [2.75, 3.05) is 5.32 Å². The summed E-state index contributed by atoms with van der Waals surface area (Å²) in [5.41, 5.74) is 2.66. The van der Waals surface area contributed by atoms with Crippen molar-refractivity contribution in [1.82, 2.24) is 10.2 Å². The number of fused-ring (bicyclic) bond motifs is 1. The normalized spacial score (nSPS) is 13.3. The van der Waals surface area contributed by atoms with Gasteiger partial charge in [0.25, 0.3) is 0 Å². The van der Waals surface area contributed by atoms with Gasteiger partial charge in [-0.25, -0.2) is 0 Å². The van der Waals surface area contributed by atoms with Crippen LogP contribution in [0.4, 0.5) is 5.69 Å². The minimum absolute atomic E-state index is 0.0360. The van der Waals surface area contributed by atoms with Crippen LogP contribution in [0, 0.1) is 0 Å². The molecule has 1 aromatic carbocycles. The lowest BCUT2D eigenvalue weighted by atomic mass is 10.0. The number of H-pyrrole nitrogens is 1. The number of anilines is 1. The summed E-state index contributed by atoms with van der Waals surface area (Å²) in [5, 5.41) is 9.10. The van der Waals surface area contributed by atoms with Crippen LogP contribution in [0.5, 0.6) is 0 Å². The number of carbonyl (C=O) groups excluding carboxylic acids is 2. The minimum atomic E-state index is -0.121. The molecule has 1 aliphatic heterocycles. The Morgan fingerprint density at radius 3 is 2.94 bits per heavy atom. The summed E-state index contributed by atoms with van der Waals surface area (Å²) in [4.78, 5) is 23.2. The highest BCUT2D eigenvalue weighted by molar-refractivity contribution is 6.09. The van der Waals surface area contributed by atoms with Gasteiger partial charge in [-0.2, -0.15) is 5.10 Å². The van der Waals surface area contributed by atoms with Gasteiger partial charge in [0.1, 0.15) is 5.69 Å². The average molecular weight is 227 g/mol. The molecule has 2 heterocycles. The molecule has 5 nitrogen and oxygen atoms in total. The number of ketones is 1. The standard InChI is InChI=1S/C12H9N3O2/c16-11-6-8-5-7(1-2-9(8)14-11)12(17)10-3-4-13-15-10/h1-5H,6H2,(H,13,15)(H,14,16). The van der Waals surface area contributed by atoms with Crippen molar-refractivity contribution >= 4 is 17.4 Å². The topological polar surface area (TPSA) is 74.8 Å². The first-order chi connectivity index (χ1) is 8.24. The lowest BCUT2D eigenvalue weighted by Crippen LogP contribution is -2.03. The van der Waals surface area contributed by atoms with Gasteiger partial charge in [-0.05, 0) is 29.8 Å². The third-order valence-corrected chi connectivity index (χ3v) is 2.74. The molecule has 0 saturated heterocycles. The number of hydrogen-bond acceptors (Lipinski definition) is 3. The summed E-state index contributed by atoms with van der Waals surface area (Å²) in [5.74, 6) is -0.157. The van der Waals surface area contributed by atoms with Gasteiger partial charge < -0.3 is 5.32 Å². The van der Waals surface area contributed by atoms with E-state index >= 15 is 0 Å². The lowest BCUT2D eigenvalue weighted by Gasteiger charge is -2.01. The Kier molecular flexibility index (Phi) is 2.04. The summed E-state index contributed by atoms with van der Waals surface area (Å²) in [6, 6.07) is 6.83. The fourth-order valence-corrected chi connectivity index (χ4v) is 1.91. The van der Waals surface area contributed by atoms with Gasteiger partial charge in [0, 0.05) is 17.4 Å². The molecule has 0 aliphatic carbocycles. The Bertz CT molecular complexity index is 602.